The molecular weight excluding hydrogens is 330 g/mol. The quantitative estimate of drug-likeness (QED) is 0.537. The number of anilines is 1. The summed E-state index contributed by atoms with van der Waals surface area (Å²) in [7, 11) is 0. The summed E-state index contributed by atoms with van der Waals surface area (Å²) in [6.07, 6.45) is 3.26. The Morgan fingerprint density at radius 2 is 1.92 bits per heavy atom. The highest BCUT2D eigenvalue weighted by Gasteiger charge is 2.03. The van der Waals surface area contributed by atoms with Crippen molar-refractivity contribution in [2.75, 3.05) is 5.32 Å². The van der Waals surface area contributed by atoms with Crippen molar-refractivity contribution in [3.05, 3.63) is 84.2 Å². The summed E-state index contributed by atoms with van der Waals surface area (Å²) in [5.74, 6) is 0.548. The molecular formula is C20H17N3OS. The Bertz CT molecular complexity index is 894. The normalized spacial score (nSPS) is 10.8. The monoisotopic (exact) mass is 347 g/mol. The fourth-order valence-electron chi connectivity index (χ4n) is 2.23. The average molecular weight is 347 g/mol. The van der Waals surface area contributed by atoms with Crippen LogP contribution in [-0.4, -0.2) is 15.9 Å². The van der Waals surface area contributed by atoms with Crippen LogP contribution >= 0.6 is 11.8 Å². The Morgan fingerprint density at radius 1 is 1.08 bits per heavy atom. The minimum Gasteiger partial charge on any atom is -0.322 e. The molecule has 1 aromatic heterocycles. The van der Waals surface area contributed by atoms with E-state index in [2.05, 4.69) is 15.3 Å². The number of aromatic nitrogens is 2. The molecule has 2 aromatic carbocycles. The molecule has 124 valence electrons. The summed E-state index contributed by atoms with van der Waals surface area (Å²) in [6.45, 7) is 1.85. The van der Waals surface area contributed by atoms with E-state index in [4.69, 9.17) is 0 Å². The first kappa shape index (κ1) is 16.9. The van der Waals surface area contributed by atoms with Gasteiger partial charge in [-0.2, -0.15) is 0 Å². The van der Waals surface area contributed by atoms with Gasteiger partial charge in [0.15, 0.2) is 0 Å². The maximum atomic E-state index is 12.1. The van der Waals surface area contributed by atoms with Gasteiger partial charge in [-0.05, 0) is 42.7 Å². The van der Waals surface area contributed by atoms with Crippen molar-refractivity contribution >= 4 is 23.4 Å². The van der Waals surface area contributed by atoms with Crippen LogP contribution in [0, 0.1) is 6.92 Å². The summed E-state index contributed by atoms with van der Waals surface area (Å²) < 4.78 is 0. The van der Waals surface area contributed by atoms with Gasteiger partial charge in [-0.3, -0.25) is 4.79 Å². The number of amides is 1. The van der Waals surface area contributed by atoms with Gasteiger partial charge < -0.3 is 5.32 Å². The van der Waals surface area contributed by atoms with Gasteiger partial charge in [-0.25, -0.2) is 9.97 Å². The number of nitrogens with zero attached hydrogens (tertiary/aromatic N) is 2. The molecule has 0 bridgehead atoms. The Morgan fingerprint density at radius 3 is 2.72 bits per heavy atom. The molecule has 3 aromatic rings. The highest BCUT2D eigenvalue weighted by Crippen LogP contribution is 2.21. The molecule has 1 N–H and O–H groups in total. The van der Waals surface area contributed by atoms with E-state index in [1.165, 1.54) is 17.8 Å². The van der Waals surface area contributed by atoms with E-state index >= 15 is 0 Å². The predicted octanol–water partition coefficient (Wildman–Crippen LogP) is 4.70. The molecule has 1 amide bonds. The van der Waals surface area contributed by atoms with E-state index in [1.807, 2.05) is 67.6 Å². The standard InChI is InChI=1S/C20H17N3OS/c1-15-21-12-10-19(22-15)16-6-5-7-17(14-16)23-20(24)11-13-25-18-8-3-2-4-9-18/h2-14H,1H3,(H,23,24). The van der Waals surface area contributed by atoms with E-state index in [0.717, 1.165) is 21.8 Å². The van der Waals surface area contributed by atoms with Crippen LogP contribution in [0.15, 0.2) is 83.2 Å². The SMILES string of the molecule is Cc1nccc(-c2cccc(NC(=O)C=CSc3ccccc3)c2)n1. The Labute approximate surface area is 151 Å². The van der Waals surface area contributed by atoms with Crippen LogP contribution in [0.1, 0.15) is 5.82 Å². The van der Waals surface area contributed by atoms with Crippen molar-refractivity contribution in [2.45, 2.75) is 11.8 Å². The van der Waals surface area contributed by atoms with Gasteiger partial charge >= 0.3 is 0 Å². The predicted molar refractivity (Wildman–Crippen MR) is 102 cm³/mol. The van der Waals surface area contributed by atoms with Crippen molar-refractivity contribution in [3.8, 4) is 11.3 Å². The molecule has 0 aliphatic heterocycles. The molecule has 1 heterocycles. The molecule has 0 radical (unpaired) electrons. The summed E-state index contributed by atoms with van der Waals surface area (Å²) >= 11 is 1.50. The van der Waals surface area contributed by atoms with E-state index < -0.39 is 0 Å². The Balaban J connectivity index is 1.64. The van der Waals surface area contributed by atoms with Crippen molar-refractivity contribution in [2.24, 2.45) is 0 Å². The molecule has 3 rings (SSSR count). The number of rotatable bonds is 5. The number of aryl methyl sites for hydroxylation is 1. The first-order valence-electron chi connectivity index (χ1n) is 7.80. The number of carbonyl (C=O) groups excluding carboxylic acids is 1. The Hall–Kier alpha value is -2.92. The van der Waals surface area contributed by atoms with Gasteiger partial charge in [-0.15, -0.1) is 0 Å². The lowest BCUT2D eigenvalue weighted by atomic mass is 10.1. The number of nitrogens with one attached hydrogen (secondary N) is 1. The number of thioether (sulfide) groups is 1. The molecule has 0 unspecified atom stereocenters. The fourth-order valence-corrected chi connectivity index (χ4v) is 2.89. The van der Waals surface area contributed by atoms with E-state index in [-0.39, 0.29) is 5.91 Å². The zero-order valence-corrected chi connectivity index (χ0v) is 14.5. The first-order chi connectivity index (χ1) is 12.2. The molecule has 4 nitrogen and oxygen atoms in total. The number of carbonyl (C=O) groups is 1. The van der Waals surface area contributed by atoms with Crippen LogP contribution in [0.25, 0.3) is 11.3 Å². The molecule has 0 aliphatic rings. The third-order valence-electron chi connectivity index (χ3n) is 3.37. The van der Waals surface area contributed by atoms with Crippen molar-refractivity contribution in [1.29, 1.82) is 0 Å². The van der Waals surface area contributed by atoms with Gasteiger partial charge in [0.05, 0.1) is 5.69 Å². The average Bonchev–Trinajstić information content (AvgIpc) is 2.63. The van der Waals surface area contributed by atoms with Gasteiger partial charge in [0.25, 0.3) is 0 Å². The summed E-state index contributed by atoms with van der Waals surface area (Å²) in [5, 5.41) is 4.65. The molecule has 25 heavy (non-hydrogen) atoms. The third kappa shape index (κ3) is 5.02. The van der Waals surface area contributed by atoms with Crippen LogP contribution < -0.4 is 5.32 Å². The summed E-state index contributed by atoms with van der Waals surface area (Å²) in [4.78, 5) is 21.7. The molecule has 0 saturated heterocycles. The smallest absolute Gasteiger partial charge is 0.248 e. The lowest BCUT2D eigenvalue weighted by Gasteiger charge is -2.06. The topological polar surface area (TPSA) is 54.9 Å². The minimum atomic E-state index is -0.167. The number of hydrogen-bond donors (Lipinski definition) is 1. The zero-order valence-electron chi connectivity index (χ0n) is 13.7. The summed E-state index contributed by atoms with van der Waals surface area (Å²) in [5.41, 5.74) is 2.50. The molecule has 5 heteroatoms. The number of benzene rings is 2. The van der Waals surface area contributed by atoms with Crippen molar-refractivity contribution in [3.63, 3.8) is 0 Å². The molecule has 0 saturated carbocycles. The highest BCUT2D eigenvalue weighted by atomic mass is 32.2. The molecule has 0 aliphatic carbocycles. The lowest BCUT2D eigenvalue weighted by Crippen LogP contribution is -2.07. The fraction of sp³-hybridized carbons (Fsp3) is 0.0500. The second-order valence-corrected chi connectivity index (χ2v) is 6.27. The second-order valence-electron chi connectivity index (χ2n) is 5.29. The molecule has 0 fully saturated rings. The van der Waals surface area contributed by atoms with Crippen LogP contribution in [0.4, 0.5) is 5.69 Å². The first-order valence-corrected chi connectivity index (χ1v) is 8.68. The minimum absolute atomic E-state index is 0.167. The third-order valence-corrected chi connectivity index (χ3v) is 4.19. The van der Waals surface area contributed by atoms with Crippen molar-refractivity contribution in [1.82, 2.24) is 9.97 Å². The number of hydrogen-bond acceptors (Lipinski definition) is 4. The van der Waals surface area contributed by atoms with Crippen molar-refractivity contribution < 1.29 is 4.79 Å². The Kier molecular flexibility index (Phi) is 5.59. The van der Waals surface area contributed by atoms with Crippen LogP contribution in [0.5, 0.6) is 0 Å². The van der Waals surface area contributed by atoms with Gasteiger partial charge in [-0.1, -0.05) is 42.1 Å². The second kappa shape index (κ2) is 8.26. The van der Waals surface area contributed by atoms with E-state index in [9.17, 15) is 4.79 Å². The van der Waals surface area contributed by atoms with E-state index in [1.54, 1.807) is 11.6 Å². The van der Waals surface area contributed by atoms with Crippen LogP contribution in [0.2, 0.25) is 0 Å². The van der Waals surface area contributed by atoms with Crippen LogP contribution in [-0.2, 0) is 4.79 Å². The lowest BCUT2D eigenvalue weighted by molar-refractivity contribution is -0.111. The van der Waals surface area contributed by atoms with E-state index in [0.29, 0.717) is 5.82 Å². The summed E-state index contributed by atoms with van der Waals surface area (Å²) in [6, 6.07) is 19.4. The van der Waals surface area contributed by atoms with Gasteiger partial charge in [0, 0.05) is 28.4 Å². The highest BCUT2D eigenvalue weighted by molar-refractivity contribution is 8.02. The maximum absolute atomic E-state index is 12.1. The maximum Gasteiger partial charge on any atom is 0.248 e. The molecule has 0 spiro atoms. The largest absolute Gasteiger partial charge is 0.322 e. The zero-order chi connectivity index (χ0) is 17.5. The van der Waals surface area contributed by atoms with Gasteiger partial charge in [0.2, 0.25) is 5.91 Å². The molecule has 0 atom stereocenters. The van der Waals surface area contributed by atoms with Gasteiger partial charge in [0.1, 0.15) is 5.82 Å². The van der Waals surface area contributed by atoms with Crippen LogP contribution in [0.3, 0.4) is 0 Å².